The molecule has 9 nitrogen and oxygen atoms in total. The van der Waals surface area contributed by atoms with Crippen LogP contribution in [0, 0.1) is 13.8 Å². The molecule has 2 heterocycles. The molecule has 0 aliphatic carbocycles. The van der Waals surface area contributed by atoms with Crippen molar-refractivity contribution in [2.24, 2.45) is 0 Å². The highest BCUT2D eigenvalue weighted by Crippen LogP contribution is 2.29. The lowest BCUT2D eigenvalue weighted by molar-refractivity contribution is -0.117. The molecular formula is C20H24N4O5. The third kappa shape index (κ3) is 4.24. The largest absolute Gasteiger partial charge is 0.493 e. The highest BCUT2D eigenvalue weighted by atomic mass is 16.5. The summed E-state index contributed by atoms with van der Waals surface area (Å²) in [4.78, 5) is 26.5. The Hall–Kier alpha value is -3.33. The van der Waals surface area contributed by atoms with E-state index < -0.39 is 5.56 Å². The van der Waals surface area contributed by atoms with E-state index in [4.69, 9.17) is 13.9 Å². The van der Waals surface area contributed by atoms with Crippen molar-refractivity contribution in [1.82, 2.24) is 15.1 Å². The predicted octanol–water partition coefficient (Wildman–Crippen LogP) is 2.22. The fourth-order valence-corrected chi connectivity index (χ4v) is 3.29. The van der Waals surface area contributed by atoms with E-state index >= 15 is 0 Å². The molecule has 154 valence electrons. The Labute approximate surface area is 167 Å². The Morgan fingerprint density at radius 1 is 1.21 bits per heavy atom. The number of furan rings is 1. The molecule has 0 fully saturated rings. The molecular weight excluding hydrogens is 376 g/mol. The summed E-state index contributed by atoms with van der Waals surface area (Å²) in [5, 5.41) is 9.96. The van der Waals surface area contributed by atoms with E-state index in [1.807, 2.05) is 30.1 Å². The third-order valence-electron chi connectivity index (χ3n) is 4.57. The Balaban J connectivity index is 1.71. The number of amides is 1. The van der Waals surface area contributed by atoms with Crippen molar-refractivity contribution in [3.05, 3.63) is 45.6 Å². The number of benzene rings is 1. The van der Waals surface area contributed by atoms with Gasteiger partial charge in [0.1, 0.15) is 11.1 Å². The number of anilines is 1. The quantitative estimate of drug-likeness (QED) is 0.626. The van der Waals surface area contributed by atoms with Gasteiger partial charge in [-0.1, -0.05) is 6.07 Å². The number of hydrogen-bond acceptors (Lipinski definition) is 7. The Bertz CT molecular complexity index is 1100. The Kier molecular flexibility index (Phi) is 5.88. The van der Waals surface area contributed by atoms with Crippen molar-refractivity contribution < 1.29 is 18.7 Å². The summed E-state index contributed by atoms with van der Waals surface area (Å²) in [7, 11) is 4.98. The number of fused-ring (bicyclic) bond motifs is 1. The summed E-state index contributed by atoms with van der Waals surface area (Å²) in [6, 6.07) is 5.60. The molecule has 0 unspecified atom stereocenters. The number of hydrogen-bond donors (Lipinski definition) is 2. The summed E-state index contributed by atoms with van der Waals surface area (Å²) in [5.74, 6) is 1.65. The van der Waals surface area contributed by atoms with Gasteiger partial charge in [-0.25, -0.2) is 5.10 Å². The first kappa shape index (κ1) is 20.4. The number of aryl methyl sites for hydroxylation is 2. The van der Waals surface area contributed by atoms with Crippen molar-refractivity contribution >= 4 is 22.6 Å². The lowest BCUT2D eigenvalue weighted by atomic mass is 10.2. The van der Waals surface area contributed by atoms with E-state index in [1.54, 1.807) is 28.1 Å². The van der Waals surface area contributed by atoms with Crippen LogP contribution in [0.2, 0.25) is 0 Å². The van der Waals surface area contributed by atoms with Crippen LogP contribution in [0.4, 0.5) is 5.88 Å². The lowest BCUT2D eigenvalue weighted by Gasteiger charge is -2.17. The highest BCUT2D eigenvalue weighted by molar-refractivity contribution is 6.01. The maximum absolute atomic E-state index is 12.5. The van der Waals surface area contributed by atoms with Gasteiger partial charge in [-0.05, 0) is 38.6 Å². The zero-order valence-electron chi connectivity index (χ0n) is 17.1. The fourth-order valence-electron chi connectivity index (χ4n) is 3.29. The molecule has 9 heteroatoms. The van der Waals surface area contributed by atoms with Crippen LogP contribution in [0.3, 0.4) is 0 Å². The van der Waals surface area contributed by atoms with Gasteiger partial charge >= 0.3 is 0 Å². The van der Waals surface area contributed by atoms with Crippen molar-refractivity contribution in [2.45, 2.75) is 20.4 Å². The van der Waals surface area contributed by atoms with Crippen molar-refractivity contribution in [2.75, 3.05) is 33.1 Å². The summed E-state index contributed by atoms with van der Waals surface area (Å²) >= 11 is 0. The zero-order chi connectivity index (χ0) is 21.1. The molecule has 0 saturated heterocycles. The zero-order valence-corrected chi connectivity index (χ0v) is 17.1. The van der Waals surface area contributed by atoms with E-state index in [0.717, 1.165) is 5.56 Å². The Morgan fingerprint density at radius 3 is 2.62 bits per heavy atom. The number of aromatic amines is 1. The molecule has 1 amide bonds. The van der Waals surface area contributed by atoms with Crippen LogP contribution >= 0.6 is 0 Å². The predicted molar refractivity (Wildman–Crippen MR) is 109 cm³/mol. The van der Waals surface area contributed by atoms with E-state index in [-0.39, 0.29) is 18.3 Å². The number of methoxy groups -OCH3 is 2. The molecule has 0 spiro atoms. The molecule has 0 saturated carbocycles. The van der Waals surface area contributed by atoms with Gasteiger partial charge in [0.15, 0.2) is 11.5 Å². The first-order chi connectivity index (χ1) is 13.8. The maximum atomic E-state index is 12.5. The number of carbonyl (C=O) groups excluding carboxylic acids is 1. The number of aromatic nitrogens is 2. The minimum absolute atomic E-state index is 0.109. The van der Waals surface area contributed by atoms with Crippen molar-refractivity contribution in [3.63, 3.8) is 0 Å². The van der Waals surface area contributed by atoms with Crippen LogP contribution in [0.1, 0.15) is 17.0 Å². The van der Waals surface area contributed by atoms with Crippen molar-refractivity contribution in [3.8, 4) is 11.5 Å². The Morgan fingerprint density at radius 2 is 1.93 bits per heavy atom. The number of nitrogens with zero attached hydrogens (tertiary/aromatic N) is 2. The summed E-state index contributed by atoms with van der Waals surface area (Å²) in [5.41, 5.74) is 1.19. The molecule has 29 heavy (non-hydrogen) atoms. The second-order valence-electron chi connectivity index (χ2n) is 6.79. The number of ether oxygens (including phenoxy) is 2. The summed E-state index contributed by atoms with van der Waals surface area (Å²) < 4.78 is 16.2. The lowest BCUT2D eigenvalue weighted by Crippen LogP contribution is -2.30. The number of nitrogens with one attached hydrogen (secondary N) is 2. The fraction of sp³-hybridized carbons (Fsp3) is 0.350. The molecule has 3 rings (SSSR count). The van der Waals surface area contributed by atoms with Crippen LogP contribution in [-0.2, 0) is 11.3 Å². The number of carbonyl (C=O) groups is 1. The van der Waals surface area contributed by atoms with Crippen molar-refractivity contribution in [1.29, 1.82) is 0 Å². The minimum atomic E-state index is -0.406. The van der Waals surface area contributed by atoms with E-state index in [2.05, 4.69) is 15.5 Å². The maximum Gasteiger partial charge on any atom is 0.277 e. The van der Waals surface area contributed by atoms with Gasteiger partial charge in [0, 0.05) is 6.54 Å². The van der Waals surface area contributed by atoms with E-state index in [1.165, 1.54) is 0 Å². The molecule has 0 radical (unpaired) electrons. The van der Waals surface area contributed by atoms with Crippen LogP contribution in [0.25, 0.3) is 10.8 Å². The van der Waals surface area contributed by atoms with Gasteiger partial charge in [0.05, 0.1) is 31.8 Å². The van der Waals surface area contributed by atoms with E-state index in [9.17, 15) is 9.59 Å². The first-order valence-corrected chi connectivity index (χ1v) is 9.01. The van der Waals surface area contributed by atoms with Gasteiger partial charge < -0.3 is 13.9 Å². The molecule has 0 atom stereocenters. The van der Waals surface area contributed by atoms with Gasteiger partial charge in [-0.15, -0.1) is 0 Å². The SMILES string of the molecule is COc1ccc(CN(C)CC(=O)Nc2oc(C)c3c(C)n[nH]c(=O)c23)cc1OC. The molecule has 0 aliphatic heterocycles. The molecule has 3 aromatic rings. The second-order valence-corrected chi connectivity index (χ2v) is 6.79. The topological polar surface area (TPSA) is 110 Å². The average molecular weight is 400 g/mol. The molecule has 1 aromatic carbocycles. The standard InChI is InChI=1S/C20H24N4O5/c1-11-17-12(2)29-20(18(17)19(26)23-22-11)21-16(25)10-24(3)9-13-6-7-14(27-4)15(8-13)28-5/h6-8H,9-10H2,1-5H3,(H,21,25)(H,23,26). The van der Waals surface area contributed by atoms with Gasteiger partial charge in [-0.2, -0.15) is 5.10 Å². The van der Waals surface area contributed by atoms with Gasteiger partial charge in [0.2, 0.25) is 11.8 Å². The smallest absolute Gasteiger partial charge is 0.277 e. The van der Waals surface area contributed by atoms with Crippen LogP contribution in [0.5, 0.6) is 11.5 Å². The van der Waals surface area contributed by atoms with E-state index in [0.29, 0.717) is 40.3 Å². The minimum Gasteiger partial charge on any atom is -0.493 e. The monoisotopic (exact) mass is 400 g/mol. The molecule has 2 N–H and O–H groups in total. The third-order valence-corrected chi connectivity index (χ3v) is 4.57. The number of rotatable bonds is 7. The average Bonchev–Trinajstić information content (AvgIpc) is 3.01. The van der Waals surface area contributed by atoms with Gasteiger partial charge in [-0.3, -0.25) is 19.8 Å². The number of likely N-dealkylation sites (N-methyl/N-ethyl adjacent to an activating group) is 1. The summed E-state index contributed by atoms with van der Waals surface area (Å²) in [6.45, 7) is 4.13. The summed E-state index contributed by atoms with van der Waals surface area (Å²) in [6.07, 6.45) is 0. The second kappa shape index (κ2) is 8.36. The van der Waals surface area contributed by atoms with Crippen LogP contribution < -0.4 is 20.3 Å². The van der Waals surface area contributed by atoms with Crippen LogP contribution in [0.15, 0.2) is 27.4 Å². The molecule has 0 bridgehead atoms. The highest BCUT2D eigenvalue weighted by Gasteiger charge is 2.19. The molecule has 0 aliphatic rings. The molecule has 2 aromatic heterocycles. The first-order valence-electron chi connectivity index (χ1n) is 9.01. The normalized spacial score (nSPS) is 11.1. The van der Waals surface area contributed by atoms with Crippen LogP contribution in [-0.4, -0.2) is 48.8 Å². The van der Waals surface area contributed by atoms with Gasteiger partial charge in [0.25, 0.3) is 5.56 Å². The number of H-pyrrole nitrogens is 1.